The van der Waals surface area contributed by atoms with E-state index >= 15 is 0 Å². The molecule has 1 aliphatic rings. The zero-order valence-electron chi connectivity index (χ0n) is 12.9. The Morgan fingerprint density at radius 1 is 1.26 bits per heavy atom. The second kappa shape index (κ2) is 5.20. The zero-order chi connectivity index (χ0) is 16.0. The summed E-state index contributed by atoms with van der Waals surface area (Å²) in [6.45, 7) is 2.82. The van der Waals surface area contributed by atoms with E-state index in [9.17, 15) is 5.11 Å². The number of β-amino-alcohol motifs (C(OH)–C–C–N with tert-alkyl or cyclic N) is 1. The molecule has 0 aliphatic carbocycles. The summed E-state index contributed by atoms with van der Waals surface area (Å²) < 4.78 is 8.98. The monoisotopic (exact) mass is 315 g/mol. The zero-order valence-corrected chi connectivity index (χ0v) is 12.9. The molecule has 2 atom stereocenters. The average molecular weight is 315 g/mol. The van der Waals surface area contributed by atoms with Crippen molar-refractivity contribution in [2.45, 2.75) is 19.1 Å². The van der Waals surface area contributed by atoms with E-state index in [1.807, 2.05) is 31.0 Å². The van der Waals surface area contributed by atoms with Crippen LogP contribution in [0.4, 0.5) is 5.82 Å². The topological polar surface area (TPSA) is 93.6 Å². The van der Waals surface area contributed by atoms with Gasteiger partial charge in [0, 0.05) is 13.6 Å². The van der Waals surface area contributed by atoms with Gasteiger partial charge in [-0.15, -0.1) is 14.8 Å². The van der Waals surface area contributed by atoms with Gasteiger partial charge in [-0.05, 0) is 19.1 Å². The van der Waals surface area contributed by atoms with Crippen LogP contribution in [0, 0.1) is 6.92 Å². The normalized spacial score (nSPS) is 21.3. The van der Waals surface area contributed by atoms with Crippen molar-refractivity contribution < 1.29 is 9.84 Å². The Morgan fingerprint density at radius 2 is 2.13 bits per heavy atom. The molecule has 3 aromatic rings. The van der Waals surface area contributed by atoms with Crippen LogP contribution in [0.2, 0.25) is 0 Å². The summed E-state index contributed by atoms with van der Waals surface area (Å²) in [6.07, 6.45) is 2.50. The summed E-state index contributed by atoms with van der Waals surface area (Å²) in [5.41, 5.74) is 0.703. The molecule has 0 radical (unpaired) electrons. The third-order valence-corrected chi connectivity index (χ3v) is 3.83. The number of aryl methyl sites for hydroxylation is 2. The molecule has 4 rings (SSSR count). The molecule has 1 fully saturated rings. The van der Waals surface area contributed by atoms with E-state index in [2.05, 4.69) is 20.3 Å². The van der Waals surface area contributed by atoms with Crippen molar-refractivity contribution in [3.8, 4) is 5.75 Å². The summed E-state index contributed by atoms with van der Waals surface area (Å²) in [5.74, 6) is 2.06. The Kier molecular flexibility index (Phi) is 3.15. The first-order chi connectivity index (χ1) is 11.1. The lowest BCUT2D eigenvalue weighted by Gasteiger charge is -2.16. The number of aliphatic hydroxyl groups is 1. The number of rotatable bonds is 3. The van der Waals surface area contributed by atoms with Crippen molar-refractivity contribution in [1.29, 1.82) is 0 Å². The smallest absolute Gasteiger partial charge is 0.176 e. The molecular formula is C14H17N7O2. The highest BCUT2D eigenvalue weighted by Gasteiger charge is 2.34. The first-order valence-electron chi connectivity index (χ1n) is 7.37. The standard InChI is InChI=1S/C14H17N7O2/c1-9-16-13-3-4-14(18-21(13)17-9)20-7-11(22)12(8-20)23-10-5-15-19(2)6-10/h3-6,11-12,22H,7-8H2,1-2H3/t11-,12-/m1/s1. The maximum Gasteiger partial charge on any atom is 0.176 e. The minimum atomic E-state index is -0.592. The SMILES string of the molecule is Cc1nc2ccc(N3C[C@@H](O)[C@H](Oc4cnn(C)c4)C3)nn2n1. The fourth-order valence-corrected chi connectivity index (χ4v) is 2.74. The van der Waals surface area contributed by atoms with Crippen LogP contribution in [0.3, 0.4) is 0 Å². The van der Waals surface area contributed by atoms with Crippen LogP contribution in [-0.4, -0.2) is 60.0 Å². The van der Waals surface area contributed by atoms with Crippen LogP contribution in [0.1, 0.15) is 5.82 Å². The molecule has 0 spiro atoms. The highest BCUT2D eigenvalue weighted by molar-refractivity contribution is 5.46. The summed E-state index contributed by atoms with van der Waals surface area (Å²) in [4.78, 5) is 6.23. The maximum absolute atomic E-state index is 10.2. The van der Waals surface area contributed by atoms with Gasteiger partial charge in [-0.3, -0.25) is 4.68 Å². The van der Waals surface area contributed by atoms with Crippen molar-refractivity contribution in [2.24, 2.45) is 7.05 Å². The highest BCUT2D eigenvalue weighted by Crippen LogP contribution is 2.22. The molecule has 23 heavy (non-hydrogen) atoms. The van der Waals surface area contributed by atoms with Gasteiger partial charge in [-0.2, -0.15) is 5.10 Å². The van der Waals surface area contributed by atoms with E-state index in [0.717, 1.165) is 5.82 Å². The molecule has 0 saturated carbocycles. The average Bonchev–Trinajstić information content (AvgIpc) is 3.18. The van der Waals surface area contributed by atoms with Crippen molar-refractivity contribution in [3.05, 3.63) is 30.4 Å². The quantitative estimate of drug-likeness (QED) is 0.715. The summed E-state index contributed by atoms with van der Waals surface area (Å²) >= 11 is 0. The minimum absolute atomic E-state index is 0.325. The molecule has 9 heteroatoms. The fraction of sp³-hybridized carbons (Fsp3) is 0.429. The van der Waals surface area contributed by atoms with E-state index in [1.54, 1.807) is 17.1 Å². The van der Waals surface area contributed by atoms with Crippen LogP contribution in [0.25, 0.3) is 5.65 Å². The Balaban J connectivity index is 1.53. The van der Waals surface area contributed by atoms with Crippen LogP contribution in [-0.2, 0) is 7.05 Å². The predicted octanol–water partition coefficient (Wildman–Crippen LogP) is -0.205. The molecule has 1 aliphatic heterocycles. The van der Waals surface area contributed by atoms with Crippen molar-refractivity contribution in [2.75, 3.05) is 18.0 Å². The van der Waals surface area contributed by atoms with Gasteiger partial charge in [-0.25, -0.2) is 4.98 Å². The van der Waals surface area contributed by atoms with E-state index in [4.69, 9.17) is 4.74 Å². The molecule has 0 aromatic carbocycles. The highest BCUT2D eigenvalue weighted by atomic mass is 16.5. The van der Waals surface area contributed by atoms with Gasteiger partial charge in [0.25, 0.3) is 0 Å². The van der Waals surface area contributed by atoms with Crippen LogP contribution >= 0.6 is 0 Å². The summed E-state index contributed by atoms with van der Waals surface area (Å²) in [6, 6.07) is 3.74. The largest absolute Gasteiger partial charge is 0.482 e. The van der Waals surface area contributed by atoms with Gasteiger partial charge in [0.1, 0.15) is 18.0 Å². The summed E-state index contributed by atoms with van der Waals surface area (Å²) in [7, 11) is 1.82. The predicted molar refractivity (Wildman–Crippen MR) is 81.4 cm³/mol. The molecule has 0 bridgehead atoms. The molecule has 1 saturated heterocycles. The molecule has 0 unspecified atom stereocenters. The number of aromatic nitrogens is 6. The number of aliphatic hydroxyl groups excluding tert-OH is 1. The lowest BCUT2D eigenvalue weighted by Crippen LogP contribution is -2.29. The van der Waals surface area contributed by atoms with E-state index < -0.39 is 6.10 Å². The van der Waals surface area contributed by atoms with Crippen molar-refractivity contribution >= 4 is 11.5 Å². The van der Waals surface area contributed by atoms with Gasteiger partial charge in [0.2, 0.25) is 0 Å². The lowest BCUT2D eigenvalue weighted by molar-refractivity contribution is 0.0737. The second-order valence-electron chi connectivity index (χ2n) is 5.68. The first kappa shape index (κ1) is 13.9. The van der Waals surface area contributed by atoms with Gasteiger partial charge < -0.3 is 14.7 Å². The van der Waals surface area contributed by atoms with E-state index in [1.165, 1.54) is 4.63 Å². The number of anilines is 1. The first-order valence-corrected chi connectivity index (χ1v) is 7.37. The number of hydrogen-bond donors (Lipinski definition) is 1. The molecule has 0 amide bonds. The van der Waals surface area contributed by atoms with E-state index in [0.29, 0.717) is 30.3 Å². The van der Waals surface area contributed by atoms with Crippen LogP contribution < -0.4 is 9.64 Å². The van der Waals surface area contributed by atoms with Crippen molar-refractivity contribution in [3.63, 3.8) is 0 Å². The lowest BCUT2D eigenvalue weighted by atomic mass is 10.3. The molecule has 120 valence electrons. The molecule has 3 aromatic heterocycles. The molecule has 1 N–H and O–H groups in total. The Morgan fingerprint density at radius 3 is 2.91 bits per heavy atom. The minimum Gasteiger partial charge on any atom is -0.482 e. The van der Waals surface area contributed by atoms with Crippen LogP contribution in [0.15, 0.2) is 24.5 Å². The second-order valence-corrected chi connectivity index (χ2v) is 5.68. The van der Waals surface area contributed by atoms with Gasteiger partial charge in [0.15, 0.2) is 17.2 Å². The number of ether oxygens (including phenoxy) is 1. The van der Waals surface area contributed by atoms with Gasteiger partial charge in [0.05, 0.1) is 18.9 Å². The third kappa shape index (κ3) is 2.59. The molecular weight excluding hydrogens is 298 g/mol. The molecule has 4 heterocycles. The van der Waals surface area contributed by atoms with Gasteiger partial charge >= 0.3 is 0 Å². The number of nitrogens with zero attached hydrogens (tertiary/aromatic N) is 7. The fourth-order valence-electron chi connectivity index (χ4n) is 2.74. The Labute approximate surface area is 132 Å². The van der Waals surface area contributed by atoms with Gasteiger partial charge in [-0.1, -0.05) is 0 Å². The van der Waals surface area contributed by atoms with Crippen molar-refractivity contribution in [1.82, 2.24) is 29.6 Å². The Hall–Kier alpha value is -2.68. The number of fused-ring (bicyclic) bond motifs is 1. The molecule has 9 nitrogen and oxygen atoms in total. The number of hydrogen-bond acceptors (Lipinski definition) is 7. The maximum atomic E-state index is 10.2. The van der Waals surface area contributed by atoms with Crippen LogP contribution in [0.5, 0.6) is 5.75 Å². The van der Waals surface area contributed by atoms with E-state index in [-0.39, 0.29) is 6.10 Å². The Bertz CT molecular complexity index is 843. The third-order valence-electron chi connectivity index (χ3n) is 3.83. The summed E-state index contributed by atoms with van der Waals surface area (Å²) in [5, 5.41) is 23.0.